The lowest BCUT2D eigenvalue weighted by molar-refractivity contribution is 0.0593. The molecule has 0 saturated carbocycles. The minimum atomic E-state index is -0.588. The van der Waals surface area contributed by atoms with Crippen LogP contribution in [0.1, 0.15) is 16.1 Å². The molecule has 9 heteroatoms. The highest BCUT2D eigenvalue weighted by Gasteiger charge is 2.19. The van der Waals surface area contributed by atoms with Crippen LogP contribution >= 0.6 is 0 Å². The lowest BCUT2D eigenvalue weighted by Gasteiger charge is -2.06. The molecular weight excluding hydrogens is 324 g/mol. The Morgan fingerprint density at radius 3 is 2.60 bits per heavy atom. The molecule has 0 bridgehead atoms. The van der Waals surface area contributed by atoms with E-state index in [0.717, 1.165) is 0 Å². The summed E-state index contributed by atoms with van der Waals surface area (Å²) in [6, 6.07) is 10.1. The molecule has 0 aliphatic heterocycles. The van der Waals surface area contributed by atoms with Crippen LogP contribution in [0, 0.1) is 11.3 Å². The van der Waals surface area contributed by atoms with E-state index in [-0.39, 0.29) is 5.69 Å². The van der Waals surface area contributed by atoms with Gasteiger partial charge in [0.2, 0.25) is 5.88 Å². The first-order chi connectivity index (χ1) is 12.2. The van der Waals surface area contributed by atoms with Crippen molar-refractivity contribution in [2.75, 3.05) is 14.2 Å². The van der Waals surface area contributed by atoms with Gasteiger partial charge in [-0.1, -0.05) is 0 Å². The molecule has 0 spiro atoms. The second kappa shape index (κ2) is 6.76. The molecule has 0 amide bonds. The molecule has 0 aliphatic rings. The molecule has 0 aliphatic carbocycles. The Labute approximate surface area is 142 Å². The second-order valence-electron chi connectivity index (χ2n) is 4.80. The van der Waals surface area contributed by atoms with Gasteiger partial charge in [-0.25, -0.2) is 9.48 Å². The number of pyridine rings is 1. The molecular formula is C16H12N6O3. The SMILES string of the molecule is COC(=O)c1cc(-c2ccc(C#N)cn2)n(-c2ccc(OC)nn2)n1. The normalized spacial score (nSPS) is 10.1. The van der Waals surface area contributed by atoms with E-state index in [2.05, 4.69) is 20.3 Å². The van der Waals surface area contributed by atoms with Gasteiger partial charge in [-0.3, -0.25) is 4.98 Å². The first kappa shape index (κ1) is 16.1. The van der Waals surface area contributed by atoms with Crippen LogP contribution in [-0.2, 0) is 4.74 Å². The van der Waals surface area contributed by atoms with Crippen LogP contribution in [0.2, 0.25) is 0 Å². The van der Waals surface area contributed by atoms with Gasteiger partial charge >= 0.3 is 5.97 Å². The zero-order valence-electron chi connectivity index (χ0n) is 13.4. The smallest absolute Gasteiger partial charge is 0.358 e. The molecule has 0 atom stereocenters. The van der Waals surface area contributed by atoms with E-state index >= 15 is 0 Å². The molecule has 3 rings (SSSR count). The Balaban J connectivity index is 2.12. The van der Waals surface area contributed by atoms with Gasteiger partial charge in [-0.15, -0.1) is 10.2 Å². The zero-order valence-corrected chi connectivity index (χ0v) is 13.4. The highest BCUT2D eigenvalue weighted by Crippen LogP contribution is 2.22. The van der Waals surface area contributed by atoms with E-state index in [1.165, 1.54) is 31.2 Å². The van der Waals surface area contributed by atoms with Crippen molar-refractivity contribution in [3.63, 3.8) is 0 Å². The van der Waals surface area contributed by atoms with E-state index in [1.807, 2.05) is 6.07 Å². The predicted molar refractivity (Wildman–Crippen MR) is 85.0 cm³/mol. The zero-order chi connectivity index (χ0) is 17.8. The Hall–Kier alpha value is -3.80. The molecule has 0 saturated heterocycles. The highest BCUT2D eigenvalue weighted by molar-refractivity contribution is 5.88. The van der Waals surface area contributed by atoms with Crippen molar-refractivity contribution in [1.29, 1.82) is 5.26 Å². The first-order valence-electron chi connectivity index (χ1n) is 7.09. The van der Waals surface area contributed by atoms with Gasteiger partial charge in [0, 0.05) is 18.3 Å². The number of rotatable bonds is 4. The summed E-state index contributed by atoms with van der Waals surface area (Å²) in [5, 5.41) is 21.0. The largest absolute Gasteiger partial charge is 0.480 e. The third-order valence-electron chi connectivity index (χ3n) is 3.31. The molecule has 0 aromatic carbocycles. The number of hydrogen-bond donors (Lipinski definition) is 0. The number of methoxy groups -OCH3 is 2. The van der Waals surface area contributed by atoms with Gasteiger partial charge in [0.25, 0.3) is 0 Å². The van der Waals surface area contributed by atoms with Crippen LogP contribution in [0.3, 0.4) is 0 Å². The molecule has 0 N–H and O–H groups in total. The number of aromatic nitrogens is 5. The Bertz CT molecular complexity index is 941. The number of hydrogen-bond acceptors (Lipinski definition) is 8. The minimum Gasteiger partial charge on any atom is -0.480 e. The summed E-state index contributed by atoms with van der Waals surface area (Å²) in [7, 11) is 2.76. The van der Waals surface area contributed by atoms with E-state index in [4.69, 9.17) is 14.7 Å². The number of carbonyl (C=O) groups excluding carboxylic acids is 1. The summed E-state index contributed by atoms with van der Waals surface area (Å²) >= 11 is 0. The number of nitrogens with zero attached hydrogens (tertiary/aromatic N) is 6. The molecule has 3 aromatic rings. The van der Waals surface area contributed by atoms with Crippen molar-refractivity contribution in [1.82, 2.24) is 25.0 Å². The van der Waals surface area contributed by atoms with E-state index in [1.54, 1.807) is 24.3 Å². The van der Waals surface area contributed by atoms with Crippen LogP contribution in [0.4, 0.5) is 0 Å². The summed E-state index contributed by atoms with van der Waals surface area (Å²) in [6.45, 7) is 0. The van der Waals surface area contributed by atoms with Crippen molar-refractivity contribution in [3.05, 3.63) is 47.8 Å². The second-order valence-corrected chi connectivity index (χ2v) is 4.80. The van der Waals surface area contributed by atoms with Crippen molar-refractivity contribution in [2.45, 2.75) is 0 Å². The minimum absolute atomic E-state index is 0.0984. The summed E-state index contributed by atoms with van der Waals surface area (Å²) < 4.78 is 11.1. The maximum Gasteiger partial charge on any atom is 0.358 e. The third kappa shape index (κ3) is 3.13. The van der Waals surface area contributed by atoms with Crippen molar-refractivity contribution >= 4 is 5.97 Å². The van der Waals surface area contributed by atoms with Crippen molar-refractivity contribution in [3.8, 4) is 29.2 Å². The molecule has 124 valence electrons. The maximum atomic E-state index is 11.8. The van der Waals surface area contributed by atoms with Crippen LogP contribution in [0.15, 0.2) is 36.5 Å². The predicted octanol–water partition coefficient (Wildman–Crippen LogP) is 1.39. The molecule has 0 radical (unpaired) electrons. The topological polar surface area (TPSA) is 116 Å². The van der Waals surface area contributed by atoms with Gasteiger partial charge in [0.05, 0.1) is 31.2 Å². The molecule has 0 fully saturated rings. The van der Waals surface area contributed by atoms with Crippen LogP contribution in [-0.4, -0.2) is 45.2 Å². The summed E-state index contributed by atoms with van der Waals surface area (Å²) in [4.78, 5) is 16.1. The van der Waals surface area contributed by atoms with E-state index < -0.39 is 5.97 Å². The number of esters is 1. The number of nitriles is 1. The summed E-state index contributed by atoms with van der Waals surface area (Å²) in [5.41, 5.74) is 1.54. The molecule has 3 aromatic heterocycles. The van der Waals surface area contributed by atoms with E-state index in [9.17, 15) is 4.79 Å². The van der Waals surface area contributed by atoms with Crippen LogP contribution < -0.4 is 4.74 Å². The number of ether oxygens (including phenoxy) is 2. The van der Waals surface area contributed by atoms with Gasteiger partial charge in [-0.05, 0) is 18.2 Å². The summed E-state index contributed by atoms with van der Waals surface area (Å²) in [5.74, 6) is 0.134. The van der Waals surface area contributed by atoms with Gasteiger partial charge in [0.1, 0.15) is 6.07 Å². The van der Waals surface area contributed by atoms with Gasteiger partial charge in [0.15, 0.2) is 11.5 Å². The Morgan fingerprint density at radius 2 is 2.04 bits per heavy atom. The van der Waals surface area contributed by atoms with Crippen LogP contribution in [0.25, 0.3) is 17.2 Å². The molecule has 9 nitrogen and oxygen atoms in total. The molecule has 0 unspecified atom stereocenters. The fourth-order valence-electron chi connectivity index (χ4n) is 2.09. The number of carbonyl (C=O) groups is 1. The average Bonchev–Trinajstić information content (AvgIpc) is 3.13. The average molecular weight is 336 g/mol. The quantitative estimate of drug-likeness (QED) is 0.656. The summed E-state index contributed by atoms with van der Waals surface area (Å²) in [6.07, 6.45) is 1.43. The highest BCUT2D eigenvalue weighted by atomic mass is 16.5. The van der Waals surface area contributed by atoms with Crippen LogP contribution in [0.5, 0.6) is 5.88 Å². The Morgan fingerprint density at radius 1 is 1.20 bits per heavy atom. The fourth-order valence-corrected chi connectivity index (χ4v) is 2.09. The monoisotopic (exact) mass is 336 g/mol. The third-order valence-corrected chi connectivity index (χ3v) is 3.31. The maximum absolute atomic E-state index is 11.8. The molecule has 25 heavy (non-hydrogen) atoms. The van der Waals surface area contributed by atoms with Gasteiger partial charge in [-0.2, -0.15) is 10.4 Å². The van der Waals surface area contributed by atoms with Crippen molar-refractivity contribution < 1.29 is 14.3 Å². The van der Waals surface area contributed by atoms with E-state index in [0.29, 0.717) is 28.6 Å². The van der Waals surface area contributed by atoms with Gasteiger partial charge < -0.3 is 9.47 Å². The molecule has 3 heterocycles. The fraction of sp³-hybridized carbons (Fsp3) is 0.125. The Kier molecular flexibility index (Phi) is 4.34. The standard InChI is InChI=1S/C16H12N6O3/c1-24-15-6-5-14(19-20-15)22-13(7-12(21-22)16(23)25-2)11-4-3-10(8-17)9-18-11/h3-7,9H,1-2H3. The van der Waals surface area contributed by atoms with Crippen molar-refractivity contribution in [2.24, 2.45) is 0 Å². The lowest BCUT2D eigenvalue weighted by Crippen LogP contribution is -2.07. The first-order valence-corrected chi connectivity index (χ1v) is 7.09. The lowest BCUT2D eigenvalue weighted by atomic mass is 10.2.